The van der Waals surface area contributed by atoms with Crippen LogP contribution in [0.15, 0.2) is 0 Å². The van der Waals surface area contributed by atoms with Crippen molar-refractivity contribution in [3.63, 3.8) is 0 Å². The first kappa shape index (κ1) is 16.1. The molecular formula is C16H31N3OS. The number of thioether (sulfide) groups is 1. The molecule has 3 aliphatic rings. The lowest BCUT2D eigenvalue weighted by atomic mass is 9.76. The number of likely N-dealkylation sites (N-methyl/N-ethyl adjacent to an activating group) is 2. The average Bonchev–Trinajstić information content (AvgIpc) is 2.50. The molecule has 0 amide bonds. The van der Waals surface area contributed by atoms with Gasteiger partial charge in [0.1, 0.15) is 0 Å². The van der Waals surface area contributed by atoms with Crippen molar-refractivity contribution < 1.29 is 4.74 Å². The molecule has 0 aromatic rings. The van der Waals surface area contributed by atoms with Crippen LogP contribution in [-0.4, -0.2) is 79.3 Å². The molecule has 0 aliphatic carbocycles. The van der Waals surface area contributed by atoms with Crippen LogP contribution in [-0.2, 0) is 4.74 Å². The van der Waals surface area contributed by atoms with Crippen LogP contribution in [0.25, 0.3) is 0 Å². The van der Waals surface area contributed by atoms with Crippen LogP contribution in [0.3, 0.4) is 0 Å². The second-order valence-corrected chi connectivity index (χ2v) is 8.51. The standard InChI is InChI=1S/C16H31N3OS/c1-18-6-7-19(2)14(12-18)15(17)13-3-8-20-16(11-13)4-9-21-10-5-16/h13-15H,3-12,17H2,1-2H3. The summed E-state index contributed by atoms with van der Waals surface area (Å²) < 4.78 is 6.23. The lowest BCUT2D eigenvalue weighted by Gasteiger charge is -2.48. The average molecular weight is 314 g/mol. The number of hydrogen-bond acceptors (Lipinski definition) is 5. The van der Waals surface area contributed by atoms with Gasteiger partial charge in [-0.1, -0.05) is 0 Å². The van der Waals surface area contributed by atoms with Crippen LogP contribution in [0, 0.1) is 5.92 Å². The molecule has 0 saturated carbocycles. The fourth-order valence-corrected chi connectivity index (χ4v) is 5.50. The smallest absolute Gasteiger partial charge is 0.0701 e. The minimum absolute atomic E-state index is 0.158. The Hall–Kier alpha value is 0.190. The van der Waals surface area contributed by atoms with Crippen LogP contribution in [0.4, 0.5) is 0 Å². The lowest BCUT2D eigenvalue weighted by Crippen LogP contribution is -2.61. The van der Waals surface area contributed by atoms with E-state index in [-0.39, 0.29) is 11.6 Å². The van der Waals surface area contributed by atoms with E-state index >= 15 is 0 Å². The summed E-state index contributed by atoms with van der Waals surface area (Å²) in [6, 6.07) is 0.787. The fourth-order valence-electron chi connectivity index (χ4n) is 4.26. The molecule has 3 unspecified atom stereocenters. The fraction of sp³-hybridized carbons (Fsp3) is 1.00. The van der Waals surface area contributed by atoms with Gasteiger partial charge in [0.2, 0.25) is 0 Å². The third-order valence-electron chi connectivity index (χ3n) is 5.82. The van der Waals surface area contributed by atoms with Gasteiger partial charge in [-0.3, -0.25) is 4.90 Å². The molecule has 4 nitrogen and oxygen atoms in total. The van der Waals surface area contributed by atoms with E-state index in [1.807, 2.05) is 0 Å². The first-order valence-electron chi connectivity index (χ1n) is 8.46. The summed E-state index contributed by atoms with van der Waals surface area (Å²) in [7, 11) is 4.46. The Kier molecular flexibility index (Phi) is 5.16. The van der Waals surface area contributed by atoms with Crippen LogP contribution in [0.1, 0.15) is 25.7 Å². The Balaban J connectivity index is 1.64. The molecule has 0 bridgehead atoms. The monoisotopic (exact) mass is 313 g/mol. The number of rotatable bonds is 2. The first-order valence-corrected chi connectivity index (χ1v) is 9.61. The van der Waals surface area contributed by atoms with Gasteiger partial charge < -0.3 is 15.4 Å². The quantitative estimate of drug-likeness (QED) is 0.831. The summed E-state index contributed by atoms with van der Waals surface area (Å²) in [5, 5.41) is 0. The molecule has 21 heavy (non-hydrogen) atoms. The van der Waals surface area contributed by atoms with Gasteiger partial charge in [-0.05, 0) is 57.2 Å². The van der Waals surface area contributed by atoms with Gasteiger partial charge in [0.25, 0.3) is 0 Å². The minimum Gasteiger partial charge on any atom is -0.375 e. The van der Waals surface area contributed by atoms with Crippen molar-refractivity contribution in [2.75, 3.05) is 51.8 Å². The third kappa shape index (κ3) is 3.58. The molecule has 122 valence electrons. The van der Waals surface area contributed by atoms with E-state index in [0.717, 1.165) is 32.7 Å². The SMILES string of the molecule is CN1CCN(C)C(C(N)C2CCOC3(CCSCC3)C2)C1. The molecule has 3 aliphatic heterocycles. The molecule has 0 aromatic carbocycles. The maximum atomic E-state index is 6.74. The Morgan fingerprint density at radius 1 is 1.24 bits per heavy atom. The van der Waals surface area contributed by atoms with Crippen molar-refractivity contribution in [1.29, 1.82) is 0 Å². The highest BCUT2D eigenvalue weighted by molar-refractivity contribution is 7.99. The van der Waals surface area contributed by atoms with Crippen molar-refractivity contribution in [2.45, 2.75) is 43.4 Å². The Morgan fingerprint density at radius 2 is 2.00 bits per heavy atom. The van der Waals surface area contributed by atoms with Crippen molar-refractivity contribution in [3.8, 4) is 0 Å². The summed E-state index contributed by atoms with van der Waals surface area (Å²) in [6.45, 7) is 4.32. The molecule has 0 aromatic heterocycles. The van der Waals surface area contributed by atoms with Gasteiger partial charge in [0.05, 0.1) is 5.60 Å². The molecule has 3 heterocycles. The van der Waals surface area contributed by atoms with E-state index in [1.54, 1.807) is 0 Å². The van der Waals surface area contributed by atoms with Crippen molar-refractivity contribution in [2.24, 2.45) is 11.7 Å². The zero-order valence-corrected chi connectivity index (χ0v) is 14.4. The van der Waals surface area contributed by atoms with Crippen molar-refractivity contribution >= 4 is 11.8 Å². The van der Waals surface area contributed by atoms with Gasteiger partial charge in [-0.2, -0.15) is 11.8 Å². The number of nitrogens with two attached hydrogens (primary N) is 1. The highest BCUT2D eigenvalue weighted by Gasteiger charge is 2.42. The number of ether oxygens (including phenoxy) is 1. The van der Waals surface area contributed by atoms with Gasteiger partial charge in [-0.25, -0.2) is 0 Å². The Labute approximate surface area is 133 Å². The van der Waals surface area contributed by atoms with Crippen molar-refractivity contribution in [1.82, 2.24) is 9.80 Å². The first-order chi connectivity index (χ1) is 10.1. The molecular weight excluding hydrogens is 282 g/mol. The number of hydrogen-bond donors (Lipinski definition) is 1. The summed E-state index contributed by atoms with van der Waals surface area (Å²) in [5.74, 6) is 3.14. The van der Waals surface area contributed by atoms with E-state index in [9.17, 15) is 0 Å². The number of piperazine rings is 1. The van der Waals surface area contributed by atoms with E-state index in [0.29, 0.717) is 12.0 Å². The largest absolute Gasteiger partial charge is 0.375 e. The maximum absolute atomic E-state index is 6.74. The normalized spacial score (nSPS) is 36.7. The van der Waals surface area contributed by atoms with Crippen molar-refractivity contribution in [3.05, 3.63) is 0 Å². The molecule has 3 atom stereocenters. The summed E-state index contributed by atoms with van der Waals surface area (Å²) in [5.41, 5.74) is 6.89. The minimum atomic E-state index is 0.158. The van der Waals surface area contributed by atoms with Gasteiger partial charge in [0.15, 0.2) is 0 Å². The van der Waals surface area contributed by atoms with Crippen LogP contribution in [0.5, 0.6) is 0 Å². The zero-order valence-electron chi connectivity index (χ0n) is 13.6. The van der Waals surface area contributed by atoms with E-state index in [4.69, 9.17) is 10.5 Å². The maximum Gasteiger partial charge on any atom is 0.0701 e. The molecule has 3 saturated heterocycles. The van der Waals surface area contributed by atoms with E-state index in [2.05, 4.69) is 35.7 Å². The van der Waals surface area contributed by atoms with Crippen LogP contribution < -0.4 is 5.73 Å². The predicted octanol–water partition coefficient (Wildman–Crippen LogP) is 1.25. The highest BCUT2D eigenvalue weighted by atomic mass is 32.2. The van der Waals surface area contributed by atoms with Gasteiger partial charge in [0, 0.05) is 38.3 Å². The molecule has 3 fully saturated rings. The highest BCUT2D eigenvalue weighted by Crippen LogP contribution is 2.41. The molecule has 5 heteroatoms. The molecule has 3 rings (SSSR count). The Morgan fingerprint density at radius 3 is 2.76 bits per heavy atom. The van der Waals surface area contributed by atoms with E-state index in [1.165, 1.54) is 30.8 Å². The summed E-state index contributed by atoms with van der Waals surface area (Å²) in [6.07, 6.45) is 4.77. The Bertz CT molecular complexity index is 343. The third-order valence-corrected chi connectivity index (χ3v) is 6.81. The number of nitrogens with zero attached hydrogens (tertiary/aromatic N) is 2. The van der Waals surface area contributed by atoms with Crippen LogP contribution >= 0.6 is 11.8 Å². The molecule has 0 radical (unpaired) electrons. The molecule has 1 spiro atoms. The second-order valence-electron chi connectivity index (χ2n) is 7.28. The predicted molar refractivity (Wildman–Crippen MR) is 89.9 cm³/mol. The summed E-state index contributed by atoms with van der Waals surface area (Å²) in [4.78, 5) is 4.90. The van der Waals surface area contributed by atoms with Gasteiger partial charge in [-0.15, -0.1) is 0 Å². The second kappa shape index (κ2) is 6.75. The molecule has 2 N–H and O–H groups in total. The van der Waals surface area contributed by atoms with Crippen LogP contribution in [0.2, 0.25) is 0 Å². The zero-order chi connectivity index (χ0) is 14.9. The topological polar surface area (TPSA) is 41.7 Å². The van der Waals surface area contributed by atoms with Gasteiger partial charge >= 0.3 is 0 Å². The van der Waals surface area contributed by atoms with E-state index < -0.39 is 0 Å². The lowest BCUT2D eigenvalue weighted by molar-refractivity contribution is -0.110. The summed E-state index contributed by atoms with van der Waals surface area (Å²) >= 11 is 2.07.